The van der Waals surface area contributed by atoms with E-state index in [4.69, 9.17) is 0 Å². The molecule has 0 atom stereocenters. The van der Waals surface area contributed by atoms with Crippen molar-refractivity contribution in [2.45, 2.75) is 13.8 Å². The Balaban J connectivity index is 1.99. The molecule has 2 rings (SSSR count). The molecule has 3 amide bonds. The van der Waals surface area contributed by atoms with Crippen LogP contribution >= 0.6 is 0 Å². The Morgan fingerprint density at radius 2 is 1.26 bits per heavy atom. The Morgan fingerprint density at radius 1 is 0.739 bits per heavy atom. The van der Waals surface area contributed by atoms with Gasteiger partial charge in [0.05, 0.1) is 0 Å². The number of aryl methyl sites for hydroxylation is 1. The topological polar surface area (TPSA) is 87.3 Å². The Labute approximate surface area is 133 Å². The molecule has 0 spiro atoms. The van der Waals surface area contributed by atoms with Crippen LogP contribution in [-0.2, 0) is 14.4 Å². The van der Waals surface area contributed by atoms with Crippen LogP contribution in [0.15, 0.2) is 48.5 Å². The summed E-state index contributed by atoms with van der Waals surface area (Å²) in [5, 5.41) is 7.60. The van der Waals surface area contributed by atoms with Crippen LogP contribution in [0.25, 0.3) is 0 Å². The van der Waals surface area contributed by atoms with Gasteiger partial charge in [-0.2, -0.15) is 0 Å². The summed E-state index contributed by atoms with van der Waals surface area (Å²) in [5.74, 6) is -1.77. The zero-order valence-corrected chi connectivity index (χ0v) is 12.8. The maximum atomic E-state index is 11.9. The molecule has 0 heterocycles. The van der Waals surface area contributed by atoms with Crippen LogP contribution in [0.5, 0.6) is 0 Å². The molecule has 0 aliphatic carbocycles. The van der Waals surface area contributed by atoms with E-state index in [2.05, 4.69) is 16.0 Å². The molecule has 2 aromatic rings. The summed E-state index contributed by atoms with van der Waals surface area (Å²) in [4.78, 5) is 34.8. The third-order valence-corrected chi connectivity index (χ3v) is 2.96. The second kappa shape index (κ2) is 7.22. The highest BCUT2D eigenvalue weighted by atomic mass is 16.2. The van der Waals surface area contributed by atoms with E-state index >= 15 is 0 Å². The van der Waals surface area contributed by atoms with Crippen molar-refractivity contribution < 1.29 is 14.4 Å². The predicted octanol–water partition coefficient (Wildman–Crippen LogP) is 2.53. The molecule has 0 fully saturated rings. The highest BCUT2D eigenvalue weighted by Gasteiger charge is 2.14. The SMILES string of the molecule is CC(=O)Nc1cccc(NC(=O)C(=O)Nc2ccc(C)cc2)c1. The van der Waals surface area contributed by atoms with Gasteiger partial charge in [0.1, 0.15) is 0 Å². The van der Waals surface area contributed by atoms with E-state index in [9.17, 15) is 14.4 Å². The monoisotopic (exact) mass is 311 g/mol. The van der Waals surface area contributed by atoms with Gasteiger partial charge in [0, 0.05) is 24.0 Å². The van der Waals surface area contributed by atoms with E-state index in [0.717, 1.165) is 5.56 Å². The van der Waals surface area contributed by atoms with Crippen LogP contribution in [0.4, 0.5) is 17.1 Å². The number of nitrogens with one attached hydrogen (secondary N) is 3. The van der Waals surface area contributed by atoms with Crippen molar-refractivity contribution in [3.05, 3.63) is 54.1 Å². The van der Waals surface area contributed by atoms with Crippen LogP contribution in [0.2, 0.25) is 0 Å². The maximum absolute atomic E-state index is 11.9. The molecule has 0 unspecified atom stereocenters. The third-order valence-electron chi connectivity index (χ3n) is 2.96. The van der Waals surface area contributed by atoms with Gasteiger partial charge < -0.3 is 16.0 Å². The number of benzene rings is 2. The normalized spacial score (nSPS) is 9.83. The highest BCUT2D eigenvalue weighted by molar-refractivity contribution is 6.43. The molecular formula is C17H17N3O3. The molecule has 6 nitrogen and oxygen atoms in total. The summed E-state index contributed by atoms with van der Waals surface area (Å²) in [6.07, 6.45) is 0. The first-order valence-electron chi connectivity index (χ1n) is 7.01. The quantitative estimate of drug-likeness (QED) is 0.761. The Hall–Kier alpha value is -3.15. The van der Waals surface area contributed by atoms with Gasteiger partial charge in [0.25, 0.3) is 0 Å². The number of carbonyl (C=O) groups excluding carboxylic acids is 3. The average molecular weight is 311 g/mol. The predicted molar refractivity (Wildman–Crippen MR) is 89.2 cm³/mol. The summed E-state index contributed by atoms with van der Waals surface area (Å²) in [5.41, 5.74) is 2.56. The van der Waals surface area contributed by atoms with Gasteiger partial charge >= 0.3 is 11.8 Å². The summed E-state index contributed by atoms with van der Waals surface area (Å²) in [6.45, 7) is 3.32. The lowest BCUT2D eigenvalue weighted by molar-refractivity contribution is -0.132. The largest absolute Gasteiger partial charge is 0.326 e. The zero-order chi connectivity index (χ0) is 16.8. The lowest BCUT2D eigenvalue weighted by Gasteiger charge is -2.08. The summed E-state index contributed by atoms with van der Waals surface area (Å²) in [6, 6.07) is 13.7. The molecule has 0 aliphatic rings. The molecule has 0 aliphatic heterocycles. The second-order valence-electron chi connectivity index (χ2n) is 5.04. The van der Waals surface area contributed by atoms with Gasteiger partial charge in [-0.1, -0.05) is 23.8 Å². The molecule has 23 heavy (non-hydrogen) atoms. The van der Waals surface area contributed by atoms with E-state index in [0.29, 0.717) is 17.1 Å². The fourth-order valence-electron chi connectivity index (χ4n) is 1.89. The molecule has 0 saturated heterocycles. The fraction of sp³-hybridized carbons (Fsp3) is 0.118. The van der Waals surface area contributed by atoms with E-state index in [1.165, 1.54) is 6.92 Å². The Morgan fingerprint density at radius 3 is 1.83 bits per heavy atom. The Kier molecular flexibility index (Phi) is 5.09. The van der Waals surface area contributed by atoms with E-state index in [-0.39, 0.29) is 5.91 Å². The molecule has 118 valence electrons. The molecule has 3 N–H and O–H groups in total. The number of anilines is 3. The van der Waals surface area contributed by atoms with Crippen molar-refractivity contribution in [3.63, 3.8) is 0 Å². The first kappa shape index (κ1) is 16.2. The van der Waals surface area contributed by atoms with Crippen molar-refractivity contribution in [1.82, 2.24) is 0 Å². The van der Waals surface area contributed by atoms with Crippen LogP contribution in [0.3, 0.4) is 0 Å². The second-order valence-corrected chi connectivity index (χ2v) is 5.04. The van der Waals surface area contributed by atoms with Crippen LogP contribution in [0.1, 0.15) is 12.5 Å². The lowest BCUT2D eigenvalue weighted by Crippen LogP contribution is -2.29. The number of hydrogen-bond acceptors (Lipinski definition) is 3. The van der Waals surface area contributed by atoms with Gasteiger partial charge in [-0.15, -0.1) is 0 Å². The molecule has 0 saturated carbocycles. The minimum atomic E-state index is -0.787. The molecule has 2 aromatic carbocycles. The molecule has 0 bridgehead atoms. The number of rotatable bonds is 3. The average Bonchev–Trinajstić information content (AvgIpc) is 2.49. The summed E-state index contributed by atoms with van der Waals surface area (Å²) in [7, 11) is 0. The number of hydrogen-bond donors (Lipinski definition) is 3. The number of carbonyl (C=O) groups is 3. The van der Waals surface area contributed by atoms with Crippen molar-refractivity contribution in [3.8, 4) is 0 Å². The van der Waals surface area contributed by atoms with Gasteiger partial charge in [-0.05, 0) is 37.3 Å². The number of amides is 3. The zero-order valence-electron chi connectivity index (χ0n) is 12.8. The Bertz CT molecular complexity index is 739. The standard InChI is InChI=1S/C17H17N3O3/c1-11-6-8-13(9-7-11)19-16(22)17(23)20-15-5-3-4-14(10-15)18-12(2)21/h3-10H,1-2H3,(H,18,21)(H,19,22)(H,20,23). The van der Waals surface area contributed by atoms with E-state index in [1.54, 1.807) is 36.4 Å². The molecule has 0 aromatic heterocycles. The molecule has 6 heteroatoms. The smallest absolute Gasteiger partial charge is 0.314 e. The van der Waals surface area contributed by atoms with E-state index in [1.807, 2.05) is 19.1 Å². The van der Waals surface area contributed by atoms with Crippen LogP contribution < -0.4 is 16.0 Å². The van der Waals surface area contributed by atoms with Crippen molar-refractivity contribution in [2.75, 3.05) is 16.0 Å². The maximum Gasteiger partial charge on any atom is 0.314 e. The first-order valence-corrected chi connectivity index (χ1v) is 7.01. The third kappa shape index (κ3) is 4.96. The van der Waals surface area contributed by atoms with Crippen LogP contribution in [0, 0.1) is 6.92 Å². The minimum Gasteiger partial charge on any atom is -0.326 e. The van der Waals surface area contributed by atoms with Crippen molar-refractivity contribution >= 4 is 34.8 Å². The van der Waals surface area contributed by atoms with Crippen molar-refractivity contribution in [1.29, 1.82) is 0 Å². The molecule has 0 radical (unpaired) electrons. The highest BCUT2D eigenvalue weighted by Crippen LogP contribution is 2.15. The fourth-order valence-corrected chi connectivity index (χ4v) is 1.89. The van der Waals surface area contributed by atoms with Crippen molar-refractivity contribution in [2.24, 2.45) is 0 Å². The van der Waals surface area contributed by atoms with Gasteiger partial charge in [0.2, 0.25) is 5.91 Å². The molecular weight excluding hydrogens is 294 g/mol. The van der Waals surface area contributed by atoms with Gasteiger partial charge in [-0.3, -0.25) is 14.4 Å². The first-order chi connectivity index (χ1) is 10.9. The lowest BCUT2D eigenvalue weighted by atomic mass is 10.2. The van der Waals surface area contributed by atoms with E-state index < -0.39 is 11.8 Å². The minimum absolute atomic E-state index is 0.217. The summed E-state index contributed by atoms with van der Waals surface area (Å²) < 4.78 is 0. The van der Waals surface area contributed by atoms with Gasteiger partial charge in [-0.25, -0.2) is 0 Å². The van der Waals surface area contributed by atoms with Gasteiger partial charge in [0.15, 0.2) is 0 Å². The summed E-state index contributed by atoms with van der Waals surface area (Å²) >= 11 is 0. The van der Waals surface area contributed by atoms with Crippen LogP contribution in [-0.4, -0.2) is 17.7 Å².